The Kier molecular flexibility index (Phi) is 6.93. The topological polar surface area (TPSA) is 67.9 Å². The van der Waals surface area contributed by atoms with Gasteiger partial charge in [-0.3, -0.25) is 0 Å². The van der Waals surface area contributed by atoms with Crippen LogP contribution in [0, 0.1) is 5.41 Å². The van der Waals surface area contributed by atoms with Crippen molar-refractivity contribution in [3.8, 4) is 0 Å². The van der Waals surface area contributed by atoms with E-state index in [4.69, 9.17) is 9.47 Å². The standard InChI is InChI=1S/C25H29FN2O4/c26-21-15-22(27-23(29)31-17-19-7-3-1-4-8-19)25(16-21)11-13-28(14-12-25)24(30)32-18-20-9-5-2-6-10-20/h1-10,21-22H,11-18H2,(H,27,29)/t21-,22-/m1/s1. The summed E-state index contributed by atoms with van der Waals surface area (Å²) in [6.45, 7) is 1.37. The van der Waals surface area contributed by atoms with Crippen LogP contribution in [0.1, 0.15) is 36.8 Å². The fraction of sp³-hybridized carbons (Fsp3) is 0.440. The molecule has 2 aromatic rings. The predicted octanol–water partition coefficient (Wildman–Crippen LogP) is 4.83. The van der Waals surface area contributed by atoms with Crippen LogP contribution in [-0.2, 0) is 22.7 Å². The van der Waals surface area contributed by atoms with E-state index in [1.54, 1.807) is 4.90 Å². The smallest absolute Gasteiger partial charge is 0.410 e. The summed E-state index contributed by atoms with van der Waals surface area (Å²) in [7, 11) is 0. The van der Waals surface area contributed by atoms with Crippen LogP contribution in [0.5, 0.6) is 0 Å². The third-order valence-electron chi connectivity index (χ3n) is 6.59. The molecule has 1 heterocycles. The Balaban J connectivity index is 1.28. The number of amides is 2. The lowest BCUT2D eigenvalue weighted by Crippen LogP contribution is -2.51. The van der Waals surface area contributed by atoms with Crippen LogP contribution >= 0.6 is 0 Å². The van der Waals surface area contributed by atoms with E-state index in [0.29, 0.717) is 32.4 Å². The Morgan fingerprint density at radius 1 is 0.938 bits per heavy atom. The van der Waals surface area contributed by atoms with Gasteiger partial charge < -0.3 is 19.7 Å². The number of carbonyl (C=O) groups excluding carboxylic acids is 2. The molecule has 6 nitrogen and oxygen atoms in total. The lowest BCUT2D eigenvalue weighted by Gasteiger charge is -2.42. The average molecular weight is 441 g/mol. The summed E-state index contributed by atoms with van der Waals surface area (Å²) in [6, 6.07) is 18.7. The lowest BCUT2D eigenvalue weighted by atomic mass is 9.74. The molecule has 2 aliphatic rings. The molecule has 1 spiro atoms. The average Bonchev–Trinajstić information content (AvgIpc) is 3.11. The summed E-state index contributed by atoms with van der Waals surface area (Å²) in [5, 5.41) is 2.89. The van der Waals surface area contributed by atoms with Crippen molar-refractivity contribution < 1.29 is 23.5 Å². The molecule has 2 aromatic carbocycles. The normalized spacial score (nSPS) is 21.8. The maximum absolute atomic E-state index is 14.4. The minimum Gasteiger partial charge on any atom is -0.445 e. The van der Waals surface area contributed by atoms with E-state index in [1.807, 2.05) is 60.7 Å². The van der Waals surface area contributed by atoms with Crippen LogP contribution in [-0.4, -0.2) is 42.4 Å². The summed E-state index contributed by atoms with van der Waals surface area (Å²) >= 11 is 0. The summed E-state index contributed by atoms with van der Waals surface area (Å²) in [5.74, 6) is 0. The molecule has 7 heteroatoms. The van der Waals surface area contributed by atoms with Crippen molar-refractivity contribution in [3.63, 3.8) is 0 Å². The van der Waals surface area contributed by atoms with Crippen LogP contribution in [0.3, 0.4) is 0 Å². The number of alkyl carbamates (subject to hydrolysis) is 1. The highest BCUT2D eigenvalue weighted by atomic mass is 19.1. The number of likely N-dealkylation sites (tertiary alicyclic amines) is 1. The minimum absolute atomic E-state index is 0.173. The number of piperidine rings is 1. The molecule has 1 aliphatic carbocycles. The van der Waals surface area contributed by atoms with E-state index >= 15 is 0 Å². The van der Waals surface area contributed by atoms with Crippen LogP contribution in [0.2, 0.25) is 0 Å². The van der Waals surface area contributed by atoms with Gasteiger partial charge in [0.2, 0.25) is 0 Å². The van der Waals surface area contributed by atoms with Crippen LogP contribution < -0.4 is 5.32 Å². The van der Waals surface area contributed by atoms with Crippen molar-refractivity contribution in [1.82, 2.24) is 10.2 Å². The lowest BCUT2D eigenvalue weighted by molar-refractivity contribution is 0.0494. The van der Waals surface area contributed by atoms with Crippen LogP contribution in [0.4, 0.5) is 14.0 Å². The van der Waals surface area contributed by atoms with Crippen molar-refractivity contribution in [2.75, 3.05) is 13.1 Å². The van der Waals surface area contributed by atoms with Crippen molar-refractivity contribution in [2.24, 2.45) is 5.41 Å². The van der Waals surface area contributed by atoms with Gasteiger partial charge >= 0.3 is 12.2 Å². The highest BCUT2D eigenvalue weighted by Gasteiger charge is 2.50. The van der Waals surface area contributed by atoms with Gasteiger partial charge in [-0.2, -0.15) is 0 Å². The van der Waals surface area contributed by atoms with Gasteiger partial charge in [-0.15, -0.1) is 0 Å². The Hall–Kier alpha value is -3.09. The van der Waals surface area contributed by atoms with Crippen molar-refractivity contribution >= 4 is 12.2 Å². The number of alkyl halides is 1. The Bertz CT molecular complexity index is 901. The maximum Gasteiger partial charge on any atom is 0.410 e. The number of nitrogens with one attached hydrogen (secondary N) is 1. The molecule has 170 valence electrons. The number of benzene rings is 2. The number of nitrogens with zero attached hydrogens (tertiary/aromatic N) is 1. The van der Waals surface area contributed by atoms with Gasteiger partial charge in [-0.25, -0.2) is 14.0 Å². The molecule has 0 unspecified atom stereocenters. The Labute approximate surface area is 187 Å². The second-order valence-electron chi connectivity index (χ2n) is 8.69. The van der Waals surface area contributed by atoms with Gasteiger partial charge in [0.15, 0.2) is 0 Å². The SMILES string of the molecule is O=C(N[C@@H]1C[C@@H](F)CC12CCN(C(=O)OCc1ccccc1)CC2)OCc1ccccc1. The number of carbonyl (C=O) groups is 2. The van der Waals surface area contributed by atoms with Gasteiger partial charge in [-0.1, -0.05) is 60.7 Å². The van der Waals surface area contributed by atoms with Gasteiger partial charge in [0.05, 0.1) is 0 Å². The number of hydrogen-bond donors (Lipinski definition) is 1. The van der Waals surface area contributed by atoms with Crippen LogP contribution in [0.25, 0.3) is 0 Å². The summed E-state index contributed by atoms with van der Waals surface area (Å²) < 4.78 is 25.1. The second-order valence-corrected chi connectivity index (χ2v) is 8.69. The number of halogens is 1. The molecule has 0 radical (unpaired) electrons. The molecule has 2 atom stereocenters. The molecule has 1 N–H and O–H groups in total. The molecule has 1 aliphatic heterocycles. The summed E-state index contributed by atoms with van der Waals surface area (Å²) in [6.07, 6.45) is 0.0607. The molecule has 2 amide bonds. The molecule has 32 heavy (non-hydrogen) atoms. The zero-order valence-corrected chi connectivity index (χ0v) is 18.0. The van der Waals surface area contributed by atoms with E-state index in [1.165, 1.54) is 0 Å². The van der Waals surface area contributed by atoms with E-state index in [0.717, 1.165) is 11.1 Å². The first-order chi connectivity index (χ1) is 15.5. The van der Waals surface area contributed by atoms with Crippen molar-refractivity contribution in [3.05, 3.63) is 71.8 Å². The molecule has 0 aromatic heterocycles. The molecular formula is C25H29FN2O4. The molecule has 2 fully saturated rings. The zero-order valence-electron chi connectivity index (χ0n) is 18.0. The number of ether oxygens (including phenoxy) is 2. The number of hydrogen-bond acceptors (Lipinski definition) is 4. The largest absolute Gasteiger partial charge is 0.445 e. The van der Waals surface area contributed by atoms with Gasteiger partial charge in [0.1, 0.15) is 19.4 Å². The second kappa shape index (κ2) is 10.0. The summed E-state index contributed by atoms with van der Waals surface area (Å²) in [4.78, 5) is 26.5. The summed E-state index contributed by atoms with van der Waals surface area (Å²) in [5.41, 5.74) is 1.47. The third-order valence-corrected chi connectivity index (χ3v) is 6.59. The molecular weight excluding hydrogens is 411 g/mol. The Morgan fingerprint density at radius 3 is 2.09 bits per heavy atom. The maximum atomic E-state index is 14.4. The van der Waals surface area contributed by atoms with Crippen LogP contribution in [0.15, 0.2) is 60.7 Å². The highest BCUT2D eigenvalue weighted by molar-refractivity contribution is 5.68. The molecule has 0 bridgehead atoms. The molecule has 1 saturated carbocycles. The fourth-order valence-corrected chi connectivity index (χ4v) is 4.79. The van der Waals surface area contributed by atoms with E-state index in [9.17, 15) is 14.0 Å². The minimum atomic E-state index is -0.967. The first-order valence-electron chi connectivity index (χ1n) is 11.1. The quantitative estimate of drug-likeness (QED) is 0.723. The van der Waals surface area contributed by atoms with Gasteiger partial charge in [0.25, 0.3) is 0 Å². The van der Waals surface area contributed by atoms with Gasteiger partial charge in [-0.05, 0) is 42.2 Å². The predicted molar refractivity (Wildman–Crippen MR) is 118 cm³/mol. The van der Waals surface area contributed by atoms with E-state index in [2.05, 4.69) is 5.32 Å². The highest BCUT2D eigenvalue weighted by Crippen LogP contribution is 2.47. The first kappa shape index (κ1) is 22.1. The zero-order chi connectivity index (χ0) is 22.4. The van der Waals surface area contributed by atoms with Crippen molar-refractivity contribution in [1.29, 1.82) is 0 Å². The fourth-order valence-electron chi connectivity index (χ4n) is 4.79. The van der Waals surface area contributed by atoms with Crippen molar-refractivity contribution in [2.45, 2.75) is 51.1 Å². The first-order valence-corrected chi connectivity index (χ1v) is 11.1. The Morgan fingerprint density at radius 2 is 1.50 bits per heavy atom. The van der Waals surface area contributed by atoms with Gasteiger partial charge in [0, 0.05) is 19.1 Å². The third kappa shape index (κ3) is 5.39. The molecule has 4 rings (SSSR count). The molecule has 1 saturated heterocycles. The van der Waals surface area contributed by atoms with E-state index in [-0.39, 0.29) is 37.2 Å². The number of rotatable bonds is 5. The monoisotopic (exact) mass is 440 g/mol. The van der Waals surface area contributed by atoms with E-state index < -0.39 is 12.3 Å².